The summed E-state index contributed by atoms with van der Waals surface area (Å²) in [6.07, 6.45) is -0.237. The molecule has 3 rings (SSSR count). The number of carbonyl (C=O) groups is 3. The summed E-state index contributed by atoms with van der Waals surface area (Å²) in [7, 11) is 0. The minimum atomic E-state index is -1.12. The van der Waals surface area contributed by atoms with Crippen LogP contribution in [0.15, 0.2) is 72.8 Å². The Hall–Kier alpha value is -3.67. The summed E-state index contributed by atoms with van der Waals surface area (Å²) in [5.74, 6) is -1.78. The second-order valence-electron chi connectivity index (χ2n) is 6.73. The Kier molecular flexibility index (Phi) is 6.58. The molecule has 0 aliphatic carbocycles. The summed E-state index contributed by atoms with van der Waals surface area (Å²) >= 11 is 0. The number of primary amides is 1. The maximum Gasteiger partial charge on any atom is 0.308 e. The third-order valence-corrected chi connectivity index (χ3v) is 4.47. The van der Waals surface area contributed by atoms with Gasteiger partial charge in [-0.3, -0.25) is 14.4 Å². The first-order valence-electron chi connectivity index (χ1n) is 9.27. The maximum absolute atomic E-state index is 12.4. The SMILES string of the molecule is NC(=O)[C@H](CC(=O)OCc1ccccc1)NC(=O)Cc1ccc2ccccc2c1. The number of carbonyl (C=O) groups excluding carboxylic acids is 3. The zero-order valence-electron chi connectivity index (χ0n) is 15.8. The Labute approximate surface area is 168 Å². The van der Waals surface area contributed by atoms with Crippen LogP contribution in [0.4, 0.5) is 0 Å². The van der Waals surface area contributed by atoms with E-state index in [1.54, 1.807) is 0 Å². The lowest BCUT2D eigenvalue weighted by molar-refractivity contribution is -0.147. The fraction of sp³-hybridized carbons (Fsp3) is 0.174. The topological polar surface area (TPSA) is 98.5 Å². The van der Waals surface area contributed by atoms with Crippen LogP contribution in [-0.2, 0) is 32.1 Å². The van der Waals surface area contributed by atoms with Gasteiger partial charge >= 0.3 is 5.97 Å². The molecule has 6 nitrogen and oxygen atoms in total. The van der Waals surface area contributed by atoms with Crippen LogP contribution >= 0.6 is 0 Å². The van der Waals surface area contributed by atoms with Crippen LogP contribution in [0.2, 0.25) is 0 Å². The fourth-order valence-electron chi connectivity index (χ4n) is 2.97. The predicted molar refractivity (Wildman–Crippen MR) is 110 cm³/mol. The van der Waals surface area contributed by atoms with Crippen molar-refractivity contribution in [1.82, 2.24) is 5.32 Å². The Balaban J connectivity index is 1.55. The van der Waals surface area contributed by atoms with E-state index in [0.29, 0.717) is 0 Å². The molecule has 6 heteroatoms. The van der Waals surface area contributed by atoms with E-state index in [1.807, 2.05) is 72.8 Å². The van der Waals surface area contributed by atoms with Crippen LogP contribution in [0.1, 0.15) is 17.5 Å². The lowest BCUT2D eigenvalue weighted by atomic mass is 10.0. The van der Waals surface area contributed by atoms with Gasteiger partial charge in [0.1, 0.15) is 12.6 Å². The number of esters is 1. The summed E-state index contributed by atoms with van der Waals surface area (Å²) in [6.45, 7) is 0.0934. The standard InChI is InChI=1S/C23H22N2O4/c24-23(28)20(14-22(27)29-15-16-6-2-1-3-7-16)25-21(26)13-17-10-11-18-8-4-5-9-19(18)12-17/h1-12,20H,13-15H2,(H2,24,28)(H,25,26)/t20-/m0/s1. The summed E-state index contributed by atoms with van der Waals surface area (Å²) in [5.41, 5.74) is 6.98. The van der Waals surface area contributed by atoms with Gasteiger partial charge in [-0.25, -0.2) is 0 Å². The molecule has 0 aliphatic rings. The van der Waals surface area contributed by atoms with Crippen molar-refractivity contribution < 1.29 is 19.1 Å². The molecule has 0 aliphatic heterocycles. The number of hydrogen-bond donors (Lipinski definition) is 2. The van der Waals surface area contributed by atoms with Gasteiger partial charge in [-0.05, 0) is 21.9 Å². The minimum Gasteiger partial charge on any atom is -0.461 e. The van der Waals surface area contributed by atoms with Gasteiger partial charge in [-0.2, -0.15) is 0 Å². The van der Waals surface area contributed by atoms with Gasteiger partial charge in [-0.15, -0.1) is 0 Å². The van der Waals surface area contributed by atoms with E-state index in [2.05, 4.69) is 5.32 Å². The molecule has 3 N–H and O–H groups in total. The second kappa shape index (κ2) is 9.50. The molecule has 0 spiro atoms. The van der Waals surface area contributed by atoms with Gasteiger partial charge in [0.15, 0.2) is 0 Å². The van der Waals surface area contributed by atoms with Gasteiger partial charge in [0, 0.05) is 0 Å². The van der Waals surface area contributed by atoms with Gasteiger partial charge in [-0.1, -0.05) is 72.8 Å². The average molecular weight is 390 g/mol. The molecule has 2 amide bonds. The second-order valence-corrected chi connectivity index (χ2v) is 6.73. The van der Waals surface area contributed by atoms with Crippen LogP contribution < -0.4 is 11.1 Å². The predicted octanol–water partition coefficient (Wildman–Crippen LogP) is 2.49. The number of rotatable bonds is 8. The zero-order valence-corrected chi connectivity index (χ0v) is 15.8. The van der Waals surface area contributed by atoms with Crippen LogP contribution in [0.5, 0.6) is 0 Å². The van der Waals surface area contributed by atoms with Crippen molar-refractivity contribution in [3.8, 4) is 0 Å². The van der Waals surface area contributed by atoms with Crippen LogP contribution in [0, 0.1) is 0 Å². The Morgan fingerprint density at radius 2 is 1.55 bits per heavy atom. The zero-order chi connectivity index (χ0) is 20.6. The van der Waals surface area contributed by atoms with E-state index in [4.69, 9.17) is 10.5 Å². The number of ether oxygens (including phenoxy) is 1. The normalized spacial score (nSPS) is 11.6. The molecule has 0 bridgehead atoms. The molecule has 148 valence electrons. The first-order valence-corrected chi connectivity index (χ1v) is 9.27. The molecule has 29 heavy (non-hydrogen) atoms. The van der Waals surface area contributed by atoms with E-state index in [-0.39, 0.29) is 25.4 Å². The van der Waals surface area contributed by atoms with E-state index in [1.165, 1.54) is 0 Å². The molecule has 3 aromatic rings. The van der Waals surface area contributed by atoms with Crippen molar-refractivity contribution in [2.45, 2.75) is 25.5 Å². The van der Waals surface area contributed by atoms with Crippen LogP contribution in [0.3, 0.4) is 0 Å². The summed E-state index contributed by atoms with van der Waals surface area (Å²) < 4.78 is 5.16. The molecule has 0 aromatic heterocycles. The van der Waals surface area contributed by atoms with Crippen LogP contribution in [0.25, 0.3) is 10.8 Å². The molecule has 0 unspecified atom stereocenters. The minimum absolute atomic E-state index is 0.0771. The number of benzene rings is 3. The summed E-state index contributed by atoms with van der Waals surface area (Å²) in [6, 6.07) is 21.6. The van der Waals surface area contributed by atoms with E-state index < -0.39 is 17.9 Å². The van der Waals surface area contributed by atoms with Gasteiger partial charge in [0.25, 0.3) is 0 Å². The van der Waals surface area contributed by atoms with Crippen LogP contribution in [-0.4, -0.2) is 23.8 Å². The highest BCUT2D eigenvalue weighted by molar-refractivity contribution is 5.91. The number of nitrogens with two attached hydrogens (primary N) is 1. The molecule has 1 atom stereocenters. The largest absolute Gasteiger partial charge is 0.461 e. The summed E-state index contributed by atoms with van der Waals surface area (Å²) in [5, 5.41) is 4.63. The number of amides is 2. The van der Waals surface area contributed by atoms with Gasteiger partial charge < -0.3 is 15.8 Å². The van der Waals surface area contributed by atoms with Crippen molar-refractivity contribution >= 4 is 28.6 Å². The number of hydrogen-bond acceptors (Lipinski definition) is 4. The molecule has 0 saturated carbocycles. The highest BCUT2D eigenvalue weighted by Crippen LogP contribution is 2.16. The molecule has 0 heterocycles. The van der Waals surface area contributed by atoms with Crippen molar-refractivity contribution in [2.75, 3.05) is 0 Å². The monoisotopic (exact) mass is 390 g/mol. The smallest absolute Gasteiger partial charge is 0.308 e. The molecule has 0 saturated heterocycles. The maximum atomic E-state index is 12.4. The molecule has 0 fully saturated rings. The Morgan fingerprint density at radius 1 is 0.862 bits per heavy atom. The van der Waals surface area contributed by atoms with E-state index >= 15 is 0 Å². The van der Waals surface area contributed by atoms with Crippen molar-refractivity contribution in [2.24, 2.45) is 5.73 Å². The van der Waals surface area contributed by atoms with Gasteiger partial charge in [0.2, 0.25) is 11.8 Å². The Bertz CT molecular complexity index is 1020. The van der Waals surface area contributed by atoms with Gasteiger partial charge in [0.05, 0.1) is 12.8 Å². The quantitative estimate of drug-likeness (QED) is 0.577. The van der Waals surface area contributed by atoms with Crippen molar-refractivity contribution in [3.63, 3.8) is 0 Å². The van der Waals surface area contributed by atoms with E-state index in [0.717, 1.165) is 21.9 Å². The molecule has 3 aromatic carbocycles. The first-order chi connectivity index (χ1) is 14.0. The van der Waals surface area contributed by atoms with E-state index in [9.17, 15) is 14.4 Å². The fourth-order valence-corrected chi connectivity index (χ4v) is 2.97. The van der Waals surface area contributed by atoms with Crippen molar-refractivity contribution in [1.29, 1.82) is 0 Å². The highest BCUT2D eigenvalue weighted by atomic mass is 16.5. The van der Waals surface area contributed by atoms with Crippen molar-refractivity contribution in [3.05, 3.63) is 83.9 Å². The molecular weight excluding hydrogens is 368 g/mol. The lowest BCUT2D eigenvalue weighted by Crippen LogP contribution is -2.46. The Morgan fingerprint density at radius 3 is 2.28 bits per heavy atom. The molecular formula is C23H22N2O4. The summed E-state index contributed by atoms with van der Waals surface area (Å²) in [4.78, 5) is 36.1. The lowest BCUT2D eigenvalue weighted by Gasteiger charge is -2.15. The third kappa shape index (κ3) is 5.90. The highest BCUT2D eigenvalue weighted by Gasteiger charge is 2.22. The first kappa shape index (κ1) is 20.1. The number of fused-ring (bicyclic) bond motifs is 1. The third-order valence-electron chi connectivity index (χ3n) is 4.47. The molecule has 0 radical (unpaired) electrons. The number of nitrogens with one attached hydrogen (secondary N) is 1. The average Bonchev–Trinajstić information content (AvgIpc) is 2.72.